The molecule has 1 aromatic rings. The molecule has 0 aliphatic carbocycles. The highest BCUT2D eigenvalue weighted by Gasteiger charge is 2.00. The molecule has 0 saturated carbocycles. The van der Waals surface area contributed by atoms with E-state index in [2.05, 4.69) is 23.8 Å². The fourth-order valence-corrected chi connectivity index (χ4v) is 1.48. The van der Waals surface area contributed by atoms with Crippen molar-refractivity contribution in [1.29, 1.82) is 0 Å². The first-order chi connectivity index (χ1) is 5.33. The third kappa shape index (κ3) is 2.97. The SMILES string of the molecule is [CH2]C(CC)SCc1ncc[nH]1. The average Bonchev–Trinajstić information content (AvgIpc) is 2.52. The fourth-order valence-electron chi connectivity index (χ4n) is 0.692. The van der Waals surface area contributed by atoms with Crippen LogP contribution in [-0.4, -0.2) is 15.2 Å². The van der Waals surface area contributed by atoms with E-state index in [-0.39, 0.29) is 0 Å². The van der Waals surface area contributed by atoms with Crippen molar-refractivity contribution in [1.82, 2.24) is 9.97 Å². The minimum Gasteiger partial charge on any atom is -0.348 e. The van der Waals surface area contributed by atoms with Crippen LogP contribution in [-0.2, 0) is 5.75 Å². The summed E-state index contributed by atoms with van der Waals surface area (Å²) in [4.78, 5) is 7.18. The lowest BCUT2D eigenvalue weighted by Gasteiger charge is -2.04. The van der Waals surface area contributed by atoms with Gasteiger partial charge in [0.15, 0.2) is 0 Å². The Bertz CT molecular complexity index is 184. The number of imidazole rings is 1. The quantitative estimate of drug-likeness (QED) is 0.749. The number of rotatable bonds is 4. The molecule has 0 bridgehead atoms. The van der Waals surface area contributed by atoms with Crippen LogP contribution in [0, 0.1) is 6.92 Å². The zero-order valence-electron chi connectivity index (χ0n) is 6.71. The van der Waals surface area contributed by atoms with Crippen molar-refractivity contribution in [3.63, 3.8) is 0 Å². The minimum absolute atomic E-state index is 0.486. The van der Waals surface area contributed by atoms with Gasteiger partial charge in [-0.2, -0.15) is 11.8 Å². The van der Waals surface area contributed by atoms with Gasteiger partial charge in [-0.25, -0.2) is 4.98 Å². The number of aromatic amines is 1. The molecule has 1 aromatic heterocycles. The van der Waals surface area contributed by atoms with E-state index in [0.29, 0.717) is 5.25 Å². The highest BCUT2D eigenvalue weighted by atomic mass is 32.2. The zero-order valence-corrected chi connectivity index (χ0v) is 7.53. The Morgan fingerprint density at radius 1 is 1.82 bits per heavy atom. The lowest BCUT2D eigenvalue weighted by molar-refractivity contribution is 0.969. The van der Waals surface area contributed by atoms with Crippen LogP contribution in [0.1, 0.15) is 19.2 Å². The number of thioether (sulfide) groups is 1. The van der Waals surface area contributed by atoms with Crippen molar-refractivity contribution in [2.45, 2.75) is 24.3 Å². The third-order valence-corrected chi connectivity index (χ3v) is 2.71. The summed E-state index contributed by atoms with van der Waals surface area (Å²) in [5.74, 6) is 1.98. The molecule has 0 aliphatic rings. The molecular formula is C8H13N2S. The lowest BCUT2D eigenvalue weighted by atomic mass is 10.4. The summed E-state index contributed by atoms with van der Waals surface area (Å²) in [6.07, 6.45) is 4.74. The fraction of sp³-hybridized carbons (Fsp3) is 0.500. The van der Waals surface area contributed by atoms with Crippen molar-refractivity contribution in [2.75, 3.05) is 0 Å². The number of aromatic nitrogens is 2. The second-order valence-electron chi connectivity index (χ2n) is 2.38. The Labute approximate surface area is 71.8 Å². The van der Waals surface area contributed by atoms with Gasteiger partial charge < -0.3 is 4.98 Å². The van der Waals surface area contributed by atoms with Gasteiger partial charge in [-0.3, -0.25) is 0 Å². The molecule has 1 unspecified atom stereocenters. The first kappa shape index (κ1) is 8.65. The van der Waals surface area contributed by atoms with Crippen molar-refractivity contribution < 1.29 is 0 Å². The van der Waals surface area contributed by atoms with Crippen molar-refractivity contribution in [2.24, 2.45) is 0 Å². The van der Waals surface area contributed by atoms with Gasteiger partial charge in [-0.15, -0.1) is 0 Å². The van der Waals surface area contributed by atoms with Crippen LogP contribution in [0.5, 0.6) is 0 Å². The molecule has 11 heavy (non-hydrogen) atoms. The van der Waals surface area contributed by atoms with Gasteiger partial charge in [-0.1, -0.05) is 6.92 Å². The van der Waals surface area contributed by atoms with Gasteiger partial charge in [0, 0.05) is 17.6 Å². The van der Waals surface area contributed by atoms with Gasteiger partial charge in [0.05, 0.1) is 5.75 Å². The first-order valence-electron chi connectivity index (χ1n) is 3.76. The van der Waals surface area contributed by atoms with E-state index in [1.807, 2.05) is 18.0 Å². The Balaban J connectivity index is 2.23. The van der Waals surface area contributed by atoms with E-state index in [1.54, 1.807) is 6.20 Å². The number of hydrogen-bond acceptors (Lipinski definition) is 2. The van der Waals surface area contributed by atoms with E-state index in [0.717, 1.165) is 18.0 Å². The van der Waals surface area contributed by atoms with Gasteiger partial charge >= 0.3 is 0 Å². The van der Waals surface area contributed by atoms with E-state index in [9.17, 15) is 0 Å². The molecule has 61 valence electrons. The van der Waals surface area contributed by atoms with Crippen LogP contribution in [0.15, 0.2) is 12.4 Å². The summed E-state index contributed by atoms with van der Waals surface area (Å²) in [6.45, 7) is 6.12. The van der Waals surface area contributed by atoms with E-state index >= 15 is 0 Å². The summed E-state index contributed by atoms with van der Waals surface area (Å²) >= 11 is 1.83. The molecule has 0 amide bonds. The average molecular weight is 169 g/mol. The number of hydrogen-bond donors (Lipinski definition) is 1. The van der Waals surface area contributed by atoms with Crippen LogP contribution >= 0.6 is 11.8 Å². The molecule has 1 radical (unpaired) electrons. The monoisotopic (exact) mass is 169 g/mol. The number of nitrogens with one attached hydrogen (secondary N) is 1. The van der Waals surface area contributed by atoms with E-state index < -0.39 is 0 Å². The molecule has 1 rings (SSSR count). The summed E-state index contributed by atoms with van der Waals surface area (Å²) in [6, 6.07) is 0. The molecule has 1 heterocycles. The molecule has 0 spiro atoms. The Morgan fingerprint density at radius 2 is 2.64 bits per heavy atom. The van der Waals surface area contributed by atoms with Crippen molar-refractivity contribution in [3.05, 3.63) is 25.1 Å². The van der Waals surface area contributed by atoms with Gasteiger partial charge in [0.25, 0.3) is 0 Å². The number of nitrogens with zero attached hydrogens (tertiary/aromatic N) is 1. The van der Waals surface area contributed by atoms with Crippen LogP contribution in [0.25, 0.3) is 0 Å². The van der Waals surface area contributed by atoms with Crippen molar-refractivity contribution >= 4 is 11.8 Å². The second-order valence-corrected chi connectivity index (χ2v) is 3.67. The van der Waals surface area contributed by atoms with E-state index in [4.69, 9.17) is 0 Å². The predicted octanol–water partition coefficient (Wildman–Crippen LogP) is 2.26. The molecular weight excluding hydrogens is 156 g/mol. The van der Waals surface area contributed by atoms with Crippen LogP contribution in [0.2, 0.25) is 0 Å². The topological polar surface area (TPSA) is 28.7 Å². The highest BCUT2D eigenvalue weighted by molar-refractivity contribution is 7.99. The summed E-state index contributed by atoms with van der Waals surface area (Å²) in [7, 11) is 0. The summed E-state index contributed by atoms with van der Waals surface area (Å²) in [5, 5.41) is 0.486. The van der Waals surface area contributed by atoms with Crippen LogP contribution < -0.4 is 0 Å². The van der Waals surface area contributed by atoms with Gasteiger partial charge in [0.1, 0.15) is 5.82 Å². The predicted molar refractivity (Wildman–Crippen MR) is 49.3 cm³/mol. The smallest absolute Gasteiger partial charge is 0.116 e. The standard InChI is InChI=1S/C8H13N2S/c1-3-7(2)11-6-8-9-4-5-10-8/h4-5,7H,2-3,6H2,1H3,(H,9,10). The minimum atomic E-state index is 0.486. The van der Waals surface area contributed by atoms with Crippen LogP contribution in [0.3, 0.4) is 0 Å². The van der Waals surface area contributed by atoms with E-state index in [1.165, 1.54) is 0 Å². The molecule has 1 atom stereocenters. The van der Waals surface area contributed by atoms with Crippen LogP contribution in [0.4, 0.5) is 0 Å². The lowest BCUT2D eigenvalue weighted by Crippen LogP contribution is -1.94. The van der Waals surface area contributed by atoms with Crippen molar-refractivity contribution in [3.8, 4) is 0 Å². The second kappa shape index (κ2) is 4.44. The molecule has 1 N–H and O–H groups in total. The first-order valence-corrected chi connectivity index (χ1v) is 4.80. The highest BCUT2D eigenvalue weighted by Crippen LogP contribution is 2.16. The molecule has 0 aliphatic heterocycles. The molecule has 3 heteroatoms. The maximum Gasteiger partial charge on any atom is 0.116 e. The normalized spacial score (nSPS) is 13.3. The molecule has 0 saturated heterocycles. The molecule has 2 nitrogen and oxygen atoms in total. The third-order valence-electron chi connectivity index (χ3n) is 1.47. The number of H-pyrrole nitrogens is 1. The Kier molecular flexibility index (Phi) is 3.49. The largest absolute Gasteiger partial charge is 0.348 e. The summed E-state index contributed by atoms with van der Waals surface area (Å²) < 4.78 is 0. The Morgan fingerprint density at radius 3 is 3.18 bits per heavy atom. The maximum absolute atomic E-state index is 4.12. The summed E-state index contributed by atoms with van der Waals surface area (Å²) in [5.41, 5.74) is 0. The Hall–Kier alpha value is -0.440. The zero-order chi connectivity index (χ0) is 8.10. The molecule has 0 fully saturated rings. The molecule has 0 aromatic carbocycles. The van der Waals surface area contributed by atoms with Gasteiger partial charge in [-0.05, 0) is 13.3 Å². The maximum atomic E-state index is 4.12. The van der Waals surface area contributed by atoms with Gasteiger partial charge in [0.2, 0.25) is 0 Å².